The zero-order valence-electron chi connectivity index (χ0n) is 18.7. The number of ether oxygens (including phenoxy) is 1. The summed E-state index contributed by atoms with van der Waals surface area (Å²) < 4.78 is 32.9. The number of carboxylic acids is 1. The lowest BCUT2D eigenvalue weighted by atomic mass is 9.98. The number of rotatable bonds is 7. The largest absolute Gasteiger partial charge is 0.480 e. The number of carbonyl (C=O) groups is 3. The van der Waals surface area contributed by atoms with E-state index in [-0.39, 0.29) is 18.9 Å². The van der Waals surface area contributed by atoms with E-state index in [4.69, 9.17) is 4.74 Å². The Morgan fingerprint density at radius 1 is 1.12 bits per heavy atom. The number of hydrogen-bond acceptors (Lipinski definition) is 4. The molecule has 0 radical (unpaired) electrons. The van der Waals surface area contributed by atoms with Crippen molar-refractivity contribution in [2.75, 3.05) is 13.2 Å². The maximum atomic E-state index is 13.7. The summed E-state index contributed by atoms with van der Waals surface area (Å²) in [5.74, 6) is -5.58. The molecule has 2 N–H and O–H groups in total. The van der Waals surface area contributed by atoms with Crippen LogP contribution in [0.15, 0.2) is 48.5 Å². The van der Waals surface area contributed by atoms with Crippen LogP contribution in [0.2, 0.25) is 0 Å². The fraction of sp³-hybridized carbons (Fsp3) is 0.400. The molecule has 2 aromatic carbocycles. The van der Waals surface area contributed by atoms with E-state index in [1.807, 2.05) is 48.5 Å². The number of fused-ring (bicyclic) bond motifs is 3. The van der Waals surface area contributed by atoms with Gasteiger partial charge in [-0.1, -0.05) is 55.5 Å². The Bertz CT molecular complexity index is 1060. The van der Waals surface area contributed by atoms with Crippen molar-refractivity contribution < 1.29 is 33.0 Å². The molecule has 0 bridgehead atoms. The number of likely N-dealkylation sites (tertiary alicyclic amines) is 1. The van der Waals surface area contributed by atoms with Crippen LogP contribution in [0.4, 0.5) is 13.6 Å². The van der Waals surface area contributed by atoms with Crippen LogP contribution in [0.1, 0.15) is 43.2 Å². The zero-order chi connectivity index (χ0) is 24.5. The summed E-state index contributed by atoms with van der Waals surface area (Å²) >= 11 is 0. The van der Waals surface area contributed by atoms with Crippen molar-refractivity contribution in [1.82, 2.24) is 10.2 Å². The molecule has 0 aromatic heterocycles. The molecule has 1 aliphatic heterocycles. The maximum Gasteiger partial charge on any atom is 0.407 e. The van der Waals surface area contributed by atoms with Gasteiger partial charge in [-0.25, -0.2) is 18.4 Å². The first-order valence-corrected chi connectivity index (χ1v) is 11.2. The number of halogens is 2. The number of alkyl halides is 2. The highest BCUT2D eigenvalue weighted by Crippen LogP contribution is 2.44. The second-order valence-corrected chi connectivity index (χ2v) is 8.71. The standard InChI is InChI=1S/C25H26F2N2O5/c1-2-15(11-22(30)29-14-25(26,27)12-21(29)23(31)32)28-24(33)34-13-20-18-9-5-3-7-16(18)17-8-4-6-10-19(17)20/h3-10,15,20-21H,2,11-14H2,1H3,(H,28,33)(H,31,32). The third kappa shape index (κ3) is 4.73. The van der Waals surface area contributed by atoms with Crippen molar-refractivity contribution in [3.05, 3.63) is 59.7 Å². The Morgan fingerprint density at radius 2 is 1.71 bits per heavy atom. The summed E-state index contributed by atoms with van der Waals surface area (Å²) in [6.45, 7) is 0.892. The number of nitrogens with zero attached hydrogens (tertiary/aromatic N) is 1. The summed E-state index contributed by atoms with van der Waals surface area (Å²) in [4.78, 5) is 37.1. The van der Waals surface area contributed by atoms with Gasteiger partial charge in [-0.3, -0.25) is 4.79 Å². The number of carboxylic acid groups (broad SMARTS) is 1. The number of aliphatic carboxylic acids is 1. The first-order valence-electron chi connectivity index (χ1n) is 11.2. The van der Waals surface area contributed by atoms with Gasteiger partial charge in [0, 0.05) is 24.8 Å². The molecule has 2 amide bonds. The monoisotopic (exact) mass is 472 g/mol. The molecule has 2 aliphatic rings. The van der Waals surface area contributed by atoms with Crippen molar-refractivity contribution in [2.45, 2.75) is 50.1 Å². The Hall–Kier alpha value is -3.49. The van der Waals surface area contributed by atoms with Crippen LogP contribution in [0.25, 0.3) is 11.1 Å². The van der Waals surface area contributed by atoms with Crippen LogP contribution in [0.5, 0.6) is 0 Å². The third-order valence-electron chi connectivity index (χ3n) is 6.45. The zero-order valence-corrected chi connectivity index (χ0v) is 18.7. The van der Waals surface area contributed by atoms with Crippen LogP contribution in [-0.2, 0) is 14.3 Å². The second kappa shape index (κ2) is 9.40. The van der Waals surface area contributed by atoms with Gasteiger partial charge in [-0.05, 0) is 28.7 Å². The van der Waals surface area contributed by atoms with Gasteiger partial charge in [0.25, 0.3) is 5.92 Å². The molecule has 1 saturated heterocycles. The van der Waals surface area contributed by atoms with Gasteiger partial charge in [0.1, 0.15) is 12.6 Å². The van der Waals surface area contributed by atoms with Crippen molar-refractivity contribution >= 4 is 18.0 Å². The highest BCUT2D eigenvalue weighted by Gasteiger charge is 2.50. The topological polar surface area (TPSA) is 95.9 Å². The number of benzene rings is 2. The van der Waals surface area contributed by atoms with E-state index in [0.29, 0.717) is 11.3 Å². The van der Waals surface area contributed by atoms with Gasteiger partial charge in [0.15, 0.2) is 0 Å². The molecule has 2 atom stereocenters. The number of hydrogen-bond donors (Lipinski definition) is 2. The molecule has 0 spiro atoms. The van der Waals surface area contributed by atoms with Crippen LogP contribution in [0.3, 0.4) is 0 Å². The summed E-state index contributed by atoms with van der Waals surface area (Å²) in [5, 5.41) is 11.8. The lowest BCUT2D eigenvalue weighted by Crippen LogP contribution is -2.45. The molecular weight excluding hydrogens is 446 g/mol. The molecular formula is C25H26F2N2O5. The minimum atomic E-state index is -3.25. The van der Waals surface area contributed by atoms with Crippen molar-refractivity contribution in [2.24, 2.45) is 0 Å². The van der Waals surface area contributed by atoms with E-state index in [0.717, 1.165) is 22.3 Å². The Kier molecular flexibility index (Phi) is 6.54. The van der Waals surface area contributed by atoms with E-state index < -0.39 is 48.9 Å². The predicted molar refractivity (Wildman–Crippen MR) is 120 cm³/mol. The molecule has 180 valence electrons. The minimum absolute atomic E-state index is 0.101. The molecule has 1 aliphatic carbocycles. The first kappa shape index (κ1) is 23.7. The Balaban J connectivity index is 1.36. The first-order chi connectivity index (χ1) is 16.2. The molecule has 2 unspecified atom stereocenters. The van der Waals surface area contributed by atoms with Crippen LogP contribution in [-0.4, -0.2) is 59.1 Å². The van der Waals surface area contributed by atoms with Crippen LogP contribution >= 0.6 is 0 Å². The molecule has 34 heavy (non-hydrogen) atoms. The molecule has 4 rings (SSSR count). The van der Waals surface area contributed by atoms with Gasteiger partial charge >= 0.3 is 12.1 Å². The number of alkyl carbamates (subject to hydrolysis) is 1. The Labute approximate surface area is 195 Å². The quantitative estimate of drug-likeness (QED) is 0.635. The molecule has 1 heterocycles. The lowest BCUT2D eigenvalue weighted by molar-refractivity contribution is -0.148. The number of nitrogens with one attached hydrogen (secondary N) is 1. The van der Waals surface area contributed by atoms with E-state index in [9.17, 15) is 28.3 Å². The highest BCUT2D eigenvalue weighted by atomic mass is 19.3. The van der Waals surface area contributed by atoms with Crippen molar-refractivity contribution in [1.29, 1.82) is 0 Å². The van der Waals surface area contributed by atoms with Gasteiger partial charge in [-0.2, -0.15) is 0 Å². The number of amides is 2. The van der Waals surface area contributed by atoms with Gasteiger partial charge in [0.05, 0.1) is 6.54 Å². The minimum Gasteiger partial charge on any atom is -0.480 e. The summed E-state index contributed by atoms with van der Waals surface area (Å²) in [7, 11) is 0. The van der Waals surface area contributed by atoms with Gasteiger partial charge in [-0.15, -0.1) is 0 Å². The van der Waals surface area contributed by atoms with E-state index >= 15 is 0 Å². The summed E-state index contributed by atoms with van der Waals surface area (Å²) in [6, 6.07) is 13.6. The van der Waals surface area contributed by atoms with Gasteiger partial charge < -0.3 is 20.1 Å². The fourth-order valence-electron chi connectivity index (χ4n) is 4.73. The highest BCUT2D eigenvalue weighted by molar-refractivity contribution is 5.85. The molecule has 0 saturated carbocycles. The van der Waals surface area contributed by atoms with E-state index in [1.54, 1.807) is 6.92 Å². The summed E-state index contributed by atoms with van der Waals surface area (Å²) in [6.07, 6.45) is -1.58. The molecule has 2 aromatic rings. The van der Waals surface area contributed by atoms with Crippen LogP contribution < -0.4 is 5.32 Å². The van der Waals surface area contributed by atoms with Crippen LogP contribution in [0, 0.1) is 0 Å². The van der Waals surface area contributed by atoms with Crippen molar-refractivity contribution in [3.8, 4) is 11.1 Å². The normalized spacial score (nSPS) is 19.3. The SMILES string of the molecule is CCC(CC(=O)N1CC(F)(F)CC1C(=O)O)NC(=O)OCC1c2ccccc2-c2ccccc21. The van der Waals surface area contributed by atoms with Crippen molar-refractivity contribution in [3.63, 3.8) is 0 Å². The van der Waals surface area contributed by atoms with E-state index in [2.05, 4.69) is 5.32 Å². The number of carbonyl (C=O) groups excluding carboxylic acids is 2. The fourth-order valence-corrected chi connectivity index (χ4v) is 4.73. The average Bonchev–Trinajstić information content (AvgIpc) is 3.31. The molecule has 1 fully saturated rings. The van der Waals surface area contributed by atoms with Gasteiger partial charge in [0.2, 0.25) is 5.91 Å². The molecule has 7 nitrogen and oxygen atoms in total. The average molecular weight is 472 g/mol. The summed E-state index contributed by atoms with van der Waals surface area (Å²) in [5.41, 5.74) is 4.32. The second-order valence-electron chi connectivity index (χ2n) is 8.71. The Morgan fingerprint density at radius 3 is 2.26 bits per heavy atom. The lowest BCUT2D eigenvalue weighted by Gasteiger charge is -2.24. The van der Waals surface area contributed by atoms with E-state index in [1.165, 1.54) is 0 Å². The molecule has 9 heteroatoms. The third-order valence-corrected chi connectivity index (χ3v) is 6.45. The maximum absolute atomic E-state index is 13.7. The predicted octanol–water partition coefficient (Wildman–Crippen LogP) is 4.01. The smallest absolute Gasteiger partial charge is 0.407 e.